The molecule has 0 bridgehead atoms. The molecule has 2 nitrogen and oxygen atoms in total. The summed E-state index contributed by atoms with van der Waals surface area (Å²) in [5, 5.41) is 3.16. The fourth-order valence-electron chi connectivity index (χ4n) is 1.49. The lowest BCUT2D eigenvalue weighted by Gasteiger charge is -2.19. The van der Waals surface area contributed by atoms with Crippen LogP contribution in [-0.2, 0) is 0 Å². The van der Waals surface area contributed by atoms with E-state index in [2.05, 4.69) is 30.1 Å². The third-order valence-electron chi connectivity index (χ3n) is 2.15. The number of nitrogens with two attached hydrogens (primary N) is 1. The Labute approximate surface area is 77.8 Å². The van der Waals surface area contributed by atoms with E-state index >= 15 is 0 Å². The Balaban J connectivity index is 2.53. The second-order valence-electron chi connectivity index (χ2n) is 3.06. The van der Waals surface area contributed by atoms with Crippen molar-refractivity contribution in [2.24, 2.45) is 5.73 Å². The number of fused-ring (bicyclic) bond motifs is 1. The van der Waals surface area contributed by atoms with E-state index in [9.17, 15) is 0 Å². The fraction of sp³-hybridized carbons (Fsp3) is 0.0909. The van der Waals surface area contributed by atoms with E-state index < -0.39 is 0 Å². The first-order valence-electron chi connectivity index (χ1n) is 4.27. The van der Waals surface area contributed by atoms with Gasteiger partial charge < -0.3 is 11.1 Å². The topological polar surface area (TPSA) is 38.0 Å². The molecular formula is C11H12N2. The first kappa shape index (κ1) is 8.08. The summed E-state index contributed by atoms with van der Waals surface area (Å²) >= 11 is 0. The Hall–Kier alpha value is -1.54. The zero-order chi connectivity index (χ0) is 9.26. The summed E-state index contributed by atoms with van der Waals surface area (Å²) in [6.07, 6.45) is 2.06. The summed E-state index contributed by atoms with van der Waals surface area (Å²) < 4.78 is 0. The molecule has 0 saturated carbocycles. The zero-order valence-electron chi connectivity index (χ0n) is 7.38. The Morgan fingerprint density at radius 1 is 1.31 bits per heavy atom. The van der Waals surface area contributed by atoms with Gasteiger partial charge >= 0.3 is 0 Å². The third-order valence-corrected chi connectivity index (χ3v) is 2.15. The largest absolute Gasteiger partial charge is 0.358 e. The molecule has 1 heterocycles. The van der Waals surface area contributed by atoms with Gasteiger partial charge in [-0.05, 0) is 11.6 Å². The van der Waals surface area contributed by atoms with E-state index in [4.69, 9.17) is 5.73 Å². The van der Waals surface area contributed by atoms with E-state index in [0.717, 1.165) is 17.0 Å². The lowest BCUT2D eigenvalue weighted by Crippen LogP contribution is -2.21. The molecule has 0 radical (unpaired) electrons. The molecule has 1 aliphatic rings. The van der Waals surface area contributed by atoms with Gasteiger partial charge in [0, 0.05) is 23.5 Å². The number of benzene rings is 1. The highest BCUT2D eigenvalue weighted by molar-refractivity contribution is 5.78. The maximum Gasteiger partial charge on any atom is 0.0388 e. The van der Waals surface area contributed by atoms with Crippen LogP contribution in [0.3, 0.4) is 0 Å². The van der Waals surface area contributed by atoms with Crippen LogP contribution in [-0.4, -0.2) is 6.54 Å². The molecule has 1 aliphatic heterocycles. The van der Waals surface area contributed by atoms with Crippen LogP contribution in [0.2, 0.25) is 0 Å². The van der Waals surface area contributed by atoms with E-state index in [1.807, 2.05) is 12.1 Å². The van der Waals surface area contributed by atoms with Crippen molar-refractivity contribution in [3.63, 3.8) is 0 Å². The van der Waals surface area contributed by atoms with Crippen molar-refractivity contribution in [1.82, 2.24) is 5.32 Å². The maximum absolute atomic E-state index is 5.55. The molecule has 66 valence electrons. The second kappa shape index (κ2) is 3.07. The van der Waals surface area contributed by atoms with Crippen molar-refractivity contribution in [3.05, 3.63) is 47.7 Å². The van der Waals surface area contributed by atoms with Crippen molar-refractivity contribution in [3.8, 4) is 0 Å². The molecule has 0 saturated heterocycles. The summed E-state index contributed by atoms with van der Waals surface area (Å²) in [6, 6.07) is 8.14. The van der Waals surface area contributed by atoms with Crippen LogP contribution < -0.4 is 11.1 Å². The summed E-state index contributed by atoms with van der Waals surface area (Å²) in [5.74, 6) is 0. The molecule has 13 heavy (non-hydrogen) atoms. The van der Waals surface area contributed by atoms with E-state index in [1.54, 1.807) is 0 Å². The van der Waals surface area contributed by atoms with Crippen LogP contribution in [0.25, 0.3) is 11.8 Å². The van der Waals surface area contributed by atoms with E-state index in [-0.39, 0.29) is 0 Å². The number of hydrogen-bond acceptors (Lipinski definition) is 2. The van der Waals surface area contributed by atoms with Crippen molar-refractivity contribution < 1.29 is 0 Å². The van der Waals surface area contributed by atoms with Crippen LogP contribution in [0.1, 0.15) is 11.1 Å². The SMILES string of the molecule is C=C1NC(CN)=Cc2ccccc21. The molecule has 2 rings (SSSR count). The molecule has 1 aromatic rings. The lowest BCUT2D eigenvalue weighted by atomic mass is 10.0. The van der Waals surface area contributed by atoms with Gasteiger partial charge in [-0.2, -0.15) is 0 Å². The molecule has 0 amide bonds. The summed E-state index contributed by atoms with van der Waals surface area (Å²) in [4.78, 5) is 0. The van der Waals surface area contributed by atoms with Gasteiger partial charge in [0.25, 0.3) is 0 Å². The highest BCUT2D eigenvalue weighted by atomic mass is 14.9. The minimum absolute atomic E-state index is 0.521. The molecule has 3 N–H and O–H groups in total. The average Bonchev–Trinajstić information content (AvgIpc) is 2.18. The summed E-state index contributed by atoms with van der Waals surface area (Å²) in [7, 11) is 0. The maximum atomic E-state index is 5.55. The quantitative estimate of drug-likeness (QED) is 0.674. The standard InChI is InChI=1S/C11H12N2/c1-8-11-5-3-2-4-9(11)6-10(7-12)13-8/h2-6,13H,1,7,12H2. The predicted octanol–water partition coefficient (Wildman–Crippen LogP) is 1.56. The average molecular weight is 172 g/mol. The third kappa shape index (κ3) is 1.36. The van der Waals surface area contributed by atoms with Crippen molar-refractivity contribution in [1.29, 1.82) is 0 Å². The number of hydrogen-bond donors (Lipinski definition) is 2. The van der Waals surface area contributed by atoms with E-state index in [0.29, 0.717) is 6.54 Å². The van der Waals surface area contributed by atoms with Crippen LogP contribution in [0.4, 0.5) is 0 Å². The summed E-state index contributed by atoms with van der Waals surface area (Å²) in [5.41, 5.74) is 9.84. The smallest absolute Gasteiger partial charge is 0.0388 e. The molecule has 2 heteroatoms. The van der Waals surface area contributed by atoms with Crippen LogP contribution in [0, 0.1) is 0 Å². The van der Waals surface area contributed by atoms with E-state index in [1.165, 1.54) is 5.56 Å². The Morgan fingerprint density at radius 2 is 2.08 bits per heavy atom. The molecule has 1 aromatic carbocycles. The number of rotatable bonds is 1. The normalized spacial score (nSPS) is 14.5. The van der Waals surface area contributed by atoms with Crippen molar-refractivity contribution in [2.75, 3.05) is 6.54 Å². The van der Waals surface area contributed by atoms with Gasteiger partial charge in [0.05, 0.1) is 0 Å². The van der Waals surface area contributed by atoms with Gasteiger partial charge in [-0.15, -0.1) is 0 Å². The molecule has 0 unspecified atom stereocenters. The van der Waals surface area contributed by atoms with Gasteiger partial charge in [0.15, 0.2) is 0 Å². The zero-order valence-corrected chi connectivity index (χ0v) is 7.38. The lowest BCUT2D eigenvalue weighted by molar-refractivity contribution is 0.992. The molecule has 0 aromatic heterocycles. The molecule has 0 atom stereocenters. The molecule has 0 fully saturated rings. The Kier molecular flexibility index (Phi) is 1.91. The molecule has 0 aliphatic carbocycles. The first-order chi connectivity index (χ1) is 6.31. The highest BCUT2D eigenvalue weighted by Crippen LogP contribution is 2.23. The summed E-state index contributed by atoms with van der Waals surface area (Å²) in [6.45, 7) is 4.47. The van der Waals surface area contributed by atoms with Gasteiger partial charge in [-0.25, -0.2) is 0 Å². The monoisotopic (exact) mass is 172 g/mol. The fourth-order valence-corrected chi connectivity index (χ4v) is 1.49. The number of nitrogens with one attached hydrogen (secondary N) is 1. The molecular weight excluding hydrogens is 160 g/mol. The van der Waals surface area contributed by atoms with Gasteiger partial charge in [-0.1, -0.05) is 30.8 Å². The van der Waals surface area contributed by atoms with Gasteiger partial charge in [0.1, 0.15) is 0 Å². The Morgan fingerprint density at radius 3 is 2.85 bits per heavy atom. The van der Waals surface area contributed by atoms with Gasteiger partial charge in [-0.3, -0.25) is 0 Å². The molecule has 0 spiro atoms. The van der Waals surface area contributed by atoms with Crippen LogP contribution in [0.15, 0.2) is 36.5 Å². The van der Waals surface area contributed by atoms with Gasteiger partial charge in [0.2, 0.25) is 0 Å². The minimum Gasteiger partial charge on any atom is -0.358 e. The highest BCUT2D eigenvalue weighted by Gasteiger charge is 2.10. The first-order valence-corrected chi connectivity index (χ1v) is 4.27. The van der Waals surface area contributed by atoms with Crippen molar-refractivity contribution >= 4 is 11.8 Å². The second-order valence-corrected chi connectivity index (χ2v) is 3.06. The minimum atomic E-state index is 0.521. The van der Waals surface area contributed by atoms with Crippen LogP contribution >= 0.6 is 0 Å². The predicted molar refractivity (Wildman–Crippen MR) is 55.6 cm³/mol. The van der Waals surface area contributed by atoms with Crippen molar-refractivity contribution in [2.45, 2.75) is 0 Å². The Bertz CT molecular complexity index is 377. The van der Waals surface area contributed by atoms with Crippen LogP contribution in [0.5, 0.6) is 0 Å².